The van der Waals surface area contributed by atoms with E-state index in [2.05, 4.69) is 93.9 Å². The lowest BCUT2D eigenvalue weighted by Crippen LogP contribution is -2.54. The lowest BCUT2D eigenvalue weighted by atomic mass is 9.61. The highest BCUT2D eigenvalue weighted by Gasteiger charge is 2.57. The number of carboxylic acid groups (broad SMARTS) is 2. The number of hydrogen-bond acceptors (Lipinski definition) is 6. The number of hydrogen-bond donors (Lipinski definition) is 2. The van der Waals surface area contributed by atoms with Gasteiger partial charge in [0, 0.05) is 37.5 Å². The largest absolute Gasteiger partial charge is 0.478 e. The standard InChI is InChI=1S/C42H35Br2NO6S/c1-4-5-10-21-17-22(18-28-35(46)24-19-26(39(48)49)27(40(50)51)20-25(24)36(28)47)33(43)38-32(21)23-13-14-31(34(44)37(23)52-38)45-30-12-7-6-11-29(30)41(2)15-8-9-16-42(41,45)3/h6-7,11-14,17-20H,4-5,8-10,15-16H2,1-3H3,(H,48,49)(H,50,51). The van der Waals surface area contributed by atoms with Crippen molar-refractivity contribution in [3.05, 3.63) is 108 Å². The maximum atomic E-state index is 13.6. The van der Waals surface area contributed by atoms with Gasteiger partial charge < -0.3 is 15.1 Å². The van der Waals surface area contributed by atoms with Crippen LogP contribution in [-0.4, -0.2) is 39.3 Å². The molecule has 2 N–H and O–H groups in total. The van der Waals surface area contributed by atoms with E-state index in [1.165, 1.54) is 24.1 Å². The molecule has 1 aliphatic heterocycles. The quantitative estimate of drug-likeness (QED) is 0.124. The topological polar surface area (TPSA) is 112 Å². The number of rotatable bonds is 7. The van der Waals surface area contributed by atoms with Crippen molar-refractivity contribution in [3.63, 3.8) is 0 Å². The second kappa shape index (κ2) is 12.5. The monoisotopic (exact) mass is 839 g/mol. The van der Waals surface area contributed by atoms with Gasteiger partial charge in [0.15, 0.2) is 11.6 Å². The third-order valence-corrected chi connectivity index (χ3v) is 15.3. The molecule has 2 aliphatic carbocycles. The maximum Gasteiger partial charge on any atom is 0.336 e. The van der Waals surface area contributed by atoms with E-state index < -0.39 is 34.6 Å². The summed E-state index contributed by atoms with van der Waals surface area (Å²) in [4.78, 5) is 53.5. The maximum absolute atomic E-state index is 13.6. The second-order valence-corrected chi connectivity index (χ2v) is 17.2. The summed E-state index contributed by atoms with van der Waals surface area (Å²) in [5.74, 6) is -4.22. The minimum Gasteiger partial charge on any atom is -0.478 e. The molecule has 1 saturated carbocycles. The van der Waals surface area contributed by atoms with Crippen LogP contribution in [0.5, 0.6) is 0 Å². The SMILES string of the molecule is CCCCc1cc(C=C2C(=O)c3cc(C(=O)O)c(C(=O)O)cc3C2=O)c(Br)c2sc3c(Br)c(N4c5ccccc5C5(C)CCCCC45C)ccc3c12. The molecule has 2 atom stereocenters. The van der Waals surface area contributed by atoms with Gasteiger partial charge in [0.05, 0.1) is 41.8 Å². The summed E-state index contributed by atoms with van der Waals surface area (Å²) in [6, 6.07) is 17.4. The van der Waals surface area contributed by atoms with Crippen LogP contribution in [-0.2, 0) is 11.8 Å². The molecule has 52 heavy (non-hydrogen) atoms. The average Bonchev–Trinajstić information content (AvgIpc) is 3.70. The molecule has 7 nitrogen and oxygen atoms in total. The fourth-order valence-corrected chi connectivity index (χ4v) is 11.6. The minimum absolute atomic E-state index is 0.0221. The van der Waals surface area contributed by atoms with Crippen LogP contribution in [0.25, 0.3) is 26.2 Å². The van der Waals surface area contributed by atoms with E-state index >= 15 is 0 Å². The Labute approximate surface area is 321 Å². The fourth-order valence-electron chi connectivity index (χ4n) is 8.97. The minimum atomic E-state index is -1.48. The number of carboxylic acids is 2. The van der Waals surface area contributed by atoms with Crippen molar-refractivity contribution in [2.75, 3.05) is 4.90 Å². The molecule has 8 rings (SSSR count). The lowest BCUT2D eigenvalue weighted by molar-refractivity contribution is 0.0651. The molecule has 5 aromatic rings. The number of allylic oxidation sites excluding steroid dienone is 1. The van der Waals surface area contributed by atoms with Crippen molar-refractivity contribution in [2.45, 2.75) is 76.7 Å². The van der Waals surface area contributed by atoms with Crippen molar-refractivity contribution in [3.8, 4) is 0 Å². The summed E-state index contributed by atoms with van der Waals surface area (Å²) in [5, 5.41) is 21.5. The fraction of sp³-hybridized carbons (Fsp3) is 0.286. The number of unbranched alkanes of at least 4 members (excludes halogenated alkanes) is 1. The van der Waals surface area contributed by atoms with Crippen molar-refractivity contribution in [1.29, 1.82) is 0 Å². The van der Waals surface area contributed by atoms with Crippen molar-refractivity contribution in [1.82, 2.24) is 0 Å². The number of carbonyl (C=O) groups excluding carboxylic acids is 2. The Morgan fingerprint density at radius 2 is 1.52 bits per heavy atom. The summed E-state index contributed by atoms with van der Waals surface area (Å²) in [7, 11) is 0. The van der Waals surface area contributed by atoms with Crippen LogP contribution in [0.15, 0.2) is 69.1 Å². The number of halogens is 2. The molecule has 2 heterocycles. The zero-order chi connectivity index (χ0) is 36.9. The van der Waals surface area contributed by atoms with Gasteiger partial charge in [-0.1, -0.05) is 57.4 Å². The van der Waals surface area contributed by atoms with Crippen LogP contribution in [0.2, 0.25) is 0 Å². The van der Waals surface area contributed by atoms with Crippen molar-refractivity contribution in [2.24, 2.45) is 0 Å². The molecule has 0 saturated heterocycles. The number of benzene rings is 4. The third kappa shape index (κ3) is 4.86. The zero-order valence-electron chi connectivity index (χ0n) is 28.9. The molecule has 0 bridgehead atoms. The molecular formula is C42H35Br2NO6S. The lowest BCUT2D eigenvalue weighted by Gasteiger charge is -2.50. The molecule has 2 unspecified atom stereocenters. The predicted molar refractivity (Wildman–Crippen MR) is 213 cm³/mol. The third-order valence-electron chi connectivity index (χ3n) is 11.8. The number of aryl methyl sites for hydroxylation is 1. The van der Waals surface area contributed by atoms with Gasteiger partial charge in [-0.2, -0.15) is 0 Å². The van der Waals surface area contributed by atoms with Crippen LogP contribution in [0.1, 0.15) is 117 Å². The van der Waals surface area contributed by atoms with E-state index in [4.69, 9.17) is 0 Å². The van der Waals surface area contributed by atoms with Crippen molar-refractivity contribution < 1.29 is 29.4 Å². The highest BCUT2D eigenvalue weighted by atomic mass is 79.9. The molecule has 0 amide bonds. The Hall–Kier alpha value is -4.12. The summed E-state index contributed by atoms with van der Waals surface area (Å²) < 4.78 is 3.90. The van der Waals surface area contributed by atoms with Gasteiger partial charge in [-0.3, -0.25) is 9.59 Å². The van der Waals surface area contributed by atoms with Gasteiger partial charge >= 0.3 is 11.9 Å². The first kappa shape index (κ1) is 34.9. The highest BCUT2D eigenvalue weighted by molar-refractivity contribution is 9.11. The number of aromatic carboxylic acids is 2. The smallest absolute Gasteiger partial charge is 0.336 e. The zero-order valence-corrected chi connectivity index (χ0v) is 32.9. The van der Waals surface area contributed by atoms with Crippen LogP contribution < -0.4 is 4.90 Å². The molecule has 10 heteroatoms. The van der Waals surface area contributed by atoms with Gasteiger partial charge in [0.2, 0.25) is 0 Å². The Kier molecular flexibility index (Phi) is 8.39. The first-order valence-corrected chi connectivity index (χ1v) is 19.9. The normalized spacial score (nSPS) is 20.8. The van der Waals surface area contributed by atoms with Crippen LogP contribution in [0, 0.1) is 0 Å². The van der Waals surface area contributed by atoms with Gasteiger partial charge in [-0.15, -0.1) is 11.3 Å². The molecule has 1 fully saturated rings. The van der Waals surface area contributed by atoms with Crippen molar-refractivity contribution >= 4 is 104 Å². The summed E-state index contributed by atoms with van der Waals surface area (Å²) >= 11 is 9.63. The first-order chi connectivity index (χ1) is 24.8. The number of thiophene rings is 1. The number of anilines is 2. The number of nitrogens with zero attached hydrogens (tertiary/aromatic N) is 1. The van der Waals surface area contributed by atoms with Crippen LogP contribution in [0.3, 0.4) is 0 Å². The predicted octanol–water partition coefficient (Wildman–Crippen LogP) is 11.5. The molecule has 264 valence electrons. The average molecular weight is 842 g/mol. The first-order valence-electron chi connectivity index (χ1n) is 17.5. The number of fused-ring (bicyclic) bond motifs is 7. The van der Waals surface area contributed by atoms with Crippen LogP contribution >= 0.6 is 43.2 Å². The molecule has 0 radical (unpaired) electrons. The van der Waals surface area contributed by atoms with Crippen LogP contribution in [0.4, 0.5) is 11.4 Å². The van der Waals surface area contributed by atoms with Gasteiger partial charge in [0.1, 0.15) is 0 Å². The molecule has 0 spiro atoms. The number of para-hydroxylation sites is 1. The summed E-state index contributed by atoms with van der Waals surface area (Å²) in [5.41, 5.74) is 4.07. The van der Waals surface area contributed by atoms with E-state index in [0.717, 1.165) is 84.6 Å². The van der Waals surface area contributed by atoms with E-state index in [1.54, 1.807) is 17.4 Å². The Balaban J connectivity index is 1.30. The molecule has 4 aromatic carbocycles. The Morgan fingerprint density at radius 1 is 0.865 bits per heavy atom. The van der Waals surface area contributed by atoms with Gasteiger partial charge in [-0.25, -0.2) is 9.59 Å². The summed E-state index contributed by atoms with van der Waals surface area (Å²) in [6.45, 7) is 6.99. The highest BCUT2D eigenvalue weighted by Crippen LogP contribution is 2.62. The van der Waals surface area contributed by atoms with E-state index in [9.17, 15) is 29.4 Å². The number of carbonyl (C=O) groups is 4. The number of Topliss-reactive ketones (excluding diaryl/α,β-unsaturated/α-hetero) is 2. The second-order valence-electron chi connectivity index (χ2n) is 14.6. The van der Waals surface area contributed by atoms with E-state index in [-0.39, 0.29) is 27.7 Å². The van der Waals surface area contributed by atoms with E-state index in [0.29, 0.717) is 5.56 Å². The molecule has 1 aromatic heterocycles. The molecule has 3 aliphatic rings. The summed E-state index contributed by atoms with van der Waals surface area (Å²) in [6.07, 6.45) is 8.92. The van der Waals surface area contributed by atoms with Gasteiger partial charge in [0.25, 0.3) is 0 Å². The number of ketones is 2. The Bertz CT molecular complexity index is 2430. The van der Waals surface area contributed by atoms with Gasteiger partial charge in [-0.05, 0) is 118 Å². The molecular weight excluding hydrogens is 806 g/mol. The Morgan fingerprint density at radius 3 is 2.17 bits per heavy atom. The van der Waals surface area contributed by atoms with E-state index in [1.807, 2.05) is 6.07 Å².